The Morgan fingerprint density at radius 1 is 1.88 bits per heavy atom. The predicted octanol–water partition coefficient (Wildman–Crippen LogP) is -1.85. The lowest BCUT2D eigenvalue weighted by molar-refractivity contribution is -0.169. The van der Waals surface area contributed by atoms with Crippen LogP contribution in [0.25, 0.3) is 0 Å². The smallest absolute Gasteiger partial charge is 0.449 e. The van der Waals surface area contributed by atoms with Crippen LogP contribution in [0.5, 0.6) is 0 Å². The lowest BCUT2D eigenvalue weighted by atomic mass is 11.2. The van der Waals surface area contributed by atoms with Crippen molar-refractivity contribution in [2.24, 2.45) is 11.7 Å². The number of nitrogens with zero attached hydrogens (tertiary/aromatic N) is 1. The minimum Gasteiger partial charge on any atom is -0.462 e. The third-order valence-corrected chi connectivity index (χ3v) is 0.396. The normalized spacial score (nSPS) is 8.75. The van der Waals surface area contributed by atoms with Gasteiger partial charge in [0.1, 0.15) is 0 Å². The zero-order valence-electron chi connectivity index (χ0n) is 3.87. The molecule has 0 aromatic rings. The molecular weight excluding hydrogens is 116 g/mol. The Morgan fingerprint density at radius 2 is 2.38 bits per heavy atom. The second kappa shape index (κ2) is 3.16. The van der Waals surface area contributed by atoms with Crippen LogP contribution in [0, 0.1) is 0 Å². The van der Waals surface area contributed by atoms with Gasteiger partial charge in [-0.3, -0.25) is 5.84 Å². The highest BCUT2D eigenvalue weighted by molar-refractivity contribution is 5.62. The van der Waals surface area contributed by atoms with Crippen molar-refractivity contribution in [3.05, 3.63) is 0 Å². The van der Waals surface area contributed by atoms with E-state index < -0.39 is 6.09 Å². The topological polar surface area (TPSA) is 114 Å². The number of hydrazine groups is 2. The number of nitrogens with two attached hydrogens (primary N) is 2. The molecule has 0 heterocycles. The van der Waals surface area contributed by atoms with Crippen molar-refractivity contribution in [2.45, 2.75) is 0 Å². The zero-order chi connectivity index (χ0) is 6.57. The summed E-state index contributed by atoms with van der Waals surface area (Å²) in [4.78, 5) is 13.4. The van der Waals surface area contributed by atoms with E-state index in [1.165, 1.54) is 0 Å². The number of hydrogen-bond acceptors (Lipinski definition) is 5. The summed E-state index contributed by atoms with van der Waals surface area (Å²) < 4.78 is 0. The van der Waals surface area contributed by atoms with Gasteiger partial charge < -0.3 is 5.11 Å². The van der Waals surface area contributed by atoms with Crippen molar-refractivity contribution in [3.8, 4) is 0 Å². The first-order valence-corrected chi connectivity index (χ1v) is 1.58. The summed E-state index contributed by atoms with van der Waals surface area (Å²) in [6.45, 7) is 0. The molecule has 0 aliphatic rings. The molecule has 6 N–H and O–H groups in total. The molecule has 7 heteroatoms. The predicted molar refractivity (Wildman–Crippen MR) is 22.5 cm³/mol. The molecule has 0 spiro atoms. The average Bonchev–Trinajstić information content (AvgIpc) is 1.69. The molecule has 0 fully saturated rings. The Morgan fingerprint density at radius 3 is 2.38 bits per heavy atom. The lowest BCUT2D eigenvalue weighted by Crippen LogP contribution is -2.47. The Bertz CT molecular complexity index is 79.4. The minimum atomic E-state index is -1.42. The molecule has 0 aliphatic carbocycles. The minimum absolute atomic E-state index is 0.139. The maximum atomic E-state index is 9.74. The standard InChI is InChI=1S/CH6N4O3/c2-4-5(8-3)1(6)7/h4H,2-3H2,(H,6,7). The summed E-state index contributed by atoms with van der Waals surface area (Å²) >= 11 is 0. The number of hydrogen-bond donors (Lipinski definition) is 4. The lowest BCUT2D eigenvalue weighted by Gasteiger charge is -2.09. The van der Waals surface area contributed by atoms with Crippen LogP contribution >= 0.6 is 0 Å². The van der Waals surface area contributed by atoms with Crippen molar-refractivity contribution in [3.63, 3.8) is 0 Å². The molecule has 0 aliphatic heterocycles. The van der Waals surface area contributed by atoms with Crippen molar-refractivity contribution in [1.82, 2.24) is 10.7 Å². The van der Waals surface area contributed by atoms with Gasteiger partial charge in [0.25, 0.3) is 0 Å². The number of carboxylic acid groups (broad SMARTS) is 1. The van der Waals surface area contributed by atoms with Gasteiger partial charge in [-0.25, -0.2) is 4.79 Å². The van der Waals surface area contributed by atoms with Crippen molar-refractivity contribution in [1.29, 1.82) is 0 Å². The fraction of sp³-hybridized carbons (Fsp3) is 0. The van der Waals surface area contributed by atoms with Gasteiger partial charge in [0.05, 0.1) is 0 Å². The Kier molecular flexibility index (Phi) is 2.80. The van der Waals surface area contributed by atoms with Crippen LogP contribution < -0.4 is 17.3 Å². The first kappa shape index (κ1) is 7.11. The quantitative estimate of drug-likeness (QED) is 0.252. The molecule has 48 valence electrons. The third-order valence-electron chi connectivity index (χ3n) is 0.396. The van der Waals surface area contributed by atoms with Gasteiger partial charge in [0.15, 0.2) is 0 Å². The Hall–Kier alpha value is -0.890. The number of nitrogens with one attached hydrogen (secondary N) is 1. The van der Waals surface area contributed by atoms with Gasteiger partial charge >= 0.3 is 6.09 Å². The molecule has 0 saturated heterocycles. The highest BCUT2D eigenvalue weighted by Gasteiger charge is 2.06. The molecule has 0 bridgehead atoms. The number of rotatable bonds is 2. The molecule has 0 saturated carbocycles. The molecule has 7 nitrogen and oxygen atoms in total. The summed E-state index contributed by atoms with van der Waals surface area (Å²) in [7, 11) is 0. The summed E-state index contributed by atoms with van der Waals surface area (Å²) in [5.74, 6) is 8.96. The van der Waals surface area contributed by atoms with Crippen LogP contribution in [0.3, 0.4) is 0 Å². The summed E-state index contributed by atoms with van der Waals surface area (Å²) in [5, 5.41) is 8.09. The van der Waals surface area contributed by atoms with Crippen molar-refractivity contribution in [2.75, 3.05) is 0 Å². The second-order valence-corrected chi connectivity index (χ2v) is 0.811. The molecular formula is CH6N4O3. The molecule has 0 aromatic heterocycles. The molecule has 8 heavy (non-hydrogen) atoms. The number of hydroxylamine groups is 1. The van der Waals surface area contributed by atoms with Gasteiger partial charge in [0.2, 0.25) is 0 Å². The molecule has 0 atom stereocenters. The van der Waals surface area contributed by atoms with E-state index in [1.54, 1.807) is 5.53 Å². The van der Waals surface area contributed by atoms with E-state index >= 15 is 0 Å². The summed E-state index contributed by atoms with van der Waals surface area (Å²) in [5.41, 5.74) is 1.64. The molecule has 0 rings (SSSR count). The first-order chi connectivity index (χ1) is 3.72. The summed E-state index contributed by atoms with van der Waals surface area (Å²) in [6.07, 6.45) is -1.42. The maximum Gasteiger partial charge on any atom is 0.449 e. The van der Waals surface area contributed by atoms with Crippen molar-refractivity contribution < 1.29 is 14.8 Å². The monoisotopic (exact) mass is 122 g/mol. The van der Waals surface area contributed by atoms with Gasteiger partial charge in [-0.05, 0) is 0 Å². The third kappa shape index (κ3) is 1.71. The van der Waals surface area contributed by atoms with Gasteiger partial charge in [-0.2, -0.15) is 10.8 Å². The van der Waals surface area contributed by atoms with Gasteiger partial charge in [-0.1, -0.05) is 5.17 Å². The van der Waals surface area contributed by atoms with E-state index in [-0.39, 0.29) is 5.17 Å². The number of carbonyl (C=O) groups is 1. The Labute approximate surface area is 44.6 Å². The summed E-state index contributed by atoms with van der Waals surface area (Å²) in [6, 6.07) is 0. The highest BCUT2D eigenvalue weighted by Crippen LogP contribution is 1.74. The van der Waals surface area contributed by atoms with Gasteiger partial charge in [-0.15, -0.1) is 5.53 Å². The maximum absolute atomic E-state index is 9.74. The first-order valence-electron chi connectivity index (χ1n) is 1.58. The number of amides is 1. The molecule has 1 amide bonds. The molecule has 0 aromatic carbocycles. The zero-order valence-corrected chi connectivity index (χ0v) is 3.87. The van der Waals surface area contributed by atoms with E-state index in [0.717, 1.165) is 0 Å². The van der Waals surface area contributed by atoms with Crippen LogP contribution in [0.15, 0.2) is 0 Å². The van der Waals surface area contributed by atoms with Crippen LogP contribution in [-0.2, 0) is 4.94 Å². The average molecular weight is 122 g/mol. The fourth-order valence-corrected chi connectivity index (χ4v) is 0.131. The van der Waals surface area contributed by atoms with E-state index in [2.05, 4.69) is 16.7 Å². The van der Waals surface area contributed by atoms with Crippen LogP contribution in [0.1, 0.15) is 0 Å². The fourth-order valence-electron chi connectivity index (χ4n) is 0.131. The second-order valence-electron chi connectivity index (χ2n) is 0.811. The molecule has 0 radical (unpaired) electrons. The Balaban J connectivity index is 3.52. The van der Waals surface area contributed by atoms with Crippen LogP contribution in [-0.4, -0.2) is 16.4 Å². The van der Waals surface area contributed by atoms with Gasteiger partial charge in [0, 0.05) is 0 Å². The van der Waals surface area contributed by atoms with Crippen LogP contribution in [0.2, 0.25) is 0 Å². The van der Waals surface area contributed by atoms with Crippen LogP contribution in [0.4, 0.5) is 4.79 Å². The van der Waals surface area contributed by atoms with E-state index in [9.17, 15) is 4.79 Å². The highest BCUT2D eigenvalue weighted by atomic mass is 16.8. The largest absolute Gasteiger partial charge is 0.462 e. The molecule has 0 unspecified atom stereocenters. The van der Waals surface area contributed by atoms with E-state index in [0.29, 0.717) is 0 Å². The van der Waals surface area contributed by atoms with Crippen molar-refractivity contribution >= 4 is 6.09 Å². The SMILES string of the molecule is NNN(ON)C(=O)O. The van der Waals surface area contributed by atoms with E-state index in [4.69, 9.17) is 5.11 Å². The van der Waals surface area contributed by atoms with E-state index in [1.807, 2.05) is 0 Å².